The molecule has 1 rings (SSSR count). The van der Waals surface area contributed by atoms with Crippen LogP contribution in [0.2, 0.25) is 0 Å². The molecule has 0 spiro atoms. The van der Waals surface area contributed by atoms with Crippen LogP contribution in [0.1, 0.15) is 26.7 Å². The van der Waals surface area contributed by atoms with Crippen molar-refractivity contribution in [3.63, 3.8) is 0 Å². The summed E-state index contributed by atoms with van der Waals surface area (Å²) in [5.41, 5.74) is 0. The first-order chi connectivity index (χ1) is 5.68. The fourth-order valence-electron chi connectivity index (χ4n) is 1.91. The number of hydrogen-bond acceptors (Lipinski definition) is 2. The molecule has 1 atom stereocenters. The van der Waals surface area contributed by atoms with E-state index in [1.54, 1.807) is 0 Å². The van der Waals surface area contributed by atoms with Gasteiger partial charge in [-0.25, -0.2) is 0 Å². The van der Waals surface area contributed by atoms with Gasteiger partial charge in [0.25, 0.3) is 0 Å². The average molecular weight is 170 g/mol. The SMILES string of the molecule is CC(C)CC1CN(C)CCCN1. The lowest BCUT2D eigenvalue weighted by Crippen LogP contribution is -2.37. The lowest BCUT2D eigenvalue weighted by atomic mass is 10.0. The van der Waals surface area contributed by atoms with Gasteiger partial charge in [0.2, 0.25) is 0 Å². The van der Waals surface area contributed by atoms with Crippen LogP contribution in [-0.4, -0.2) is 37.6 Å². The van der Waals surface area contributed by atoms with Crippen LogP contribution in [0.25, 0.3) is 0 Å². The predicted octanol–water partition coefficient (Wildman–Crippen LogP) is 1.33. The van der Waals surface area contributed by atoms with Gasteiger partial charge < -0.3 is 10.2 Å². The van der Waals surface area contributed by atoms with Gasteiger partial charge in [-0.2, -0.15) is 0 Å². The van der Waals surface area contributed by atoms with E-state index in [2.05, 4.69) is 31.1 Å². The molecule has 0 saturated carbocycles. The molecule has 0 aromatic carbocycles. The van der Waals surface area contributed by atoms with Gasteiger partial charge in [-0.05, 0) is 38.9 Å². The van der Waals surface area contributed by atoms with Crippen molar-refractivity contribution in [1.29, 1.82) is 0 Å². The van der Waals surface area contributed by atoms with Gasteiger partial charge in [0.05, 0.1) is 0 Å². The van der Waals surface area contributed by atoms with Gasteiger partial charge in [-0.3, -0.25) is 0 Å². The molecule has 0 amide bonds. The van der Waals surface area contributed by atoms with Crippen LogP contribution in [0, 0.1) is 5.92 Å². The summed E-state index contributed by atoms with van der Waals surface area (Å²) in [6.07, 6.45) is 2.61. The lowest BCUT2D eigenvalue weighted by molar-refractivity contribution is 0.303. The Morgan fingerprint density at radius 2 is 2.25 bits per heavy atom. The third-order valence-electron chi connectivity index (χ3n) is 2.44. The Balaban J connectivity index is 2.31. The van der Waals surface area contributed by atoms with E-state index in [4.69, 9.17) is 0 Å². The van der Waals surface area contributed by atoms with E-state index in [1.807, 2.05) is 0 Å². The summed E-state index contributed by atoms with van der Waals surface area (Å²) < 4.78 is 0. The molecule has 0 bridgehead atoms. The van der Waals surface area contributed by atoms with E-state index in [-0.39, 0.29) is 0 Å². The van der Waals surface area contributed by atoms with Crippen molar-refractivity contribution in [2.45, 2.75) is 32.7 Å². The first kappa shape index (κ1) is 10.0. The number of hydrogen-bond donors (Lipinski definition) is 1. The second-order valence-corrected chi connectivity index (χ2v) is 4.40. The average Bonchev–Trinajstić information content (AvgIpc) is 2.12. The largest absolute Gasteiger partial charge is 0.313 e. The number of nitrogens with zero attached hydrogens (tertiary/aromatic N) is 1. The van der Waals surface area contributed by atoms with Crippen LogP contribution in [0.15, 0.2) is 0 Å². The predicted molar refractivity (Wildman–Crippen MR) is 53.4 cm³/mol. The zero-order valence-corrected chi connectivity index (χ0v) is 8.64. The number of rotatable bonds is 2. The molecule has 1 aliphatic heterocycles. The Kier molecular flexibility index (Phi) is 4.02. The van der Waals surface area contributed by atoms with Gasteiger partial charge >= 0.3 is 0 Å². The molecule has 1 aliphatic rings. The topological polar surface area (TPSA) is 15.3 Å². The minimum Gasteiger partial charge on any atom is -0.313 e. The van der Waals surface area contributed by atoms with E-state index >= 15 is 0 Å². The van der Waals surface area contributed by atoms with Crippen molar-refractivity contribution in [3.05, 3.63) is 0 Å². The summed E-state index contributed by atoms with van der Waals surface area (Å²) in [4.78, 5) is 2.44. The van der Waals surface area contributed by atoms with E-state index < -0.39 is 0 Å². The quantitative estimate of drug-likeness (QED) is 0.672. The highest BCUT2D eigenvalue weighted by Gasteiger charge is 2.15. The number of nitrogens with one attached hydrogen (secondary N) is 1. The van der Waals surface area contributed by atoms with Crippen LogP contribution >= 0.6 is 0 Å². The third-order valence-corrected chi connectivity index (χ3v) is 2.44. The van der Waals surface area contributed by atoms with Crippen molar-refractivity contribution in [2.24, 2.45) is 5.92 Å². The molecule has 2 heteroatoms. The lowest BCUT2D eigenvalue weighted by Gasteiger charge is -2.21. The maximum absolute atomic E-state index is 3.60. The van der Waals surface area contributed by atoms with E-state index in [0.717, 1.165) is 12.0 Å². The van der Waals surface area contributed by atoms with Crippen LogP contribution < -0.4 is 5.32 Å². The maximum atomic E-state index is 3.60. The zero-order valence-electron chi connectivity index (χ0n) is 8.64. The molecule has 0 aliphatic carbocycles. The monoisotopic (exact) mass is 170 g/mol. The standard InChI is InChI=1S/C10H22N2/c1-9(2)7-10-8-12(3)6-4-5-11-10/h9-11H,4-8H2,1-3H3. The molecule has 1 saturated heterocycles. The summed E-state index contributed by atoms with van der Waals surface area (Å²) in [5, 5.41) is 3.60. The molecule has 1 fully saturated rings. The molecule has 1 heterocycles. The molecule has 1 unspecified atom stereocenters. The van der Waals surface area contributed by atoms with Crippen molar-refractivity contribution in [3.8, 4) is 0 Å². The minimum atomic E-state index is 0.720. The van der Waals surface area contributed by atoms with Crippen LogP contribution in [0.4, 0.5) is 0 Å². The fraction of sp³-hybridized carbons (Fsp3) is 1.00. The molecule has 12 heavy (non-hydrogen) atoms. The highest BCUT2D eigenvalue weighted by atomic mass is 15.1. The Morgan fingerprint density at radius 1 is 1.50 bits per heavy atom. The third kappa shape index (κ3) is 3.55. The van der Waals surface area contributed by atoms with Gasteiger partial charge in [0.1, 0.15) is 0 Å². The minimum absolute atomic E-state index is 0.720. The summed E-state index contributed by atoms with van der Waals surface area (Å²) >= 11 is 0. The van der Waals surface area contributed by atoms with E-state index in [1.165, 1.54) is 32.5 Å². The Hall–Kier alpha value is -0.0800. The highest BCUT2D eigenvalue weighted by molar-refractivity contribution is 4.75. The summed E-state index contributed by atoms with van der Waals surface area (Å²) in [7, 11) is 2.22. The maximum Gasteiger partial charge on any atom is 0.0197 e. The molecule has 1 N–H and O–H groups in total. The highest BCUT2D eigenvalue weighted by Crippen LogP contribution is 2.08. The molecule has 0 aromatic rings. The molecule has 0 aromatic heterocycles. The van der Waals surface area contributed by atoms with Crippen molar-refractivity contribution in [1.82, 2.24) is 10.2 Å². The number of likely N-dealkylation sites (N-methyl/N-ethyl adjacent to an activating group) is 1. The van der Waals surface area contributed by atoms with Crippen molar-refractivity contribution >= 4 is 0 Å². The summed E-state index contributed by atoms with van der Waals surface area (Å²) in [6, 6.07) is 0.720. The van der Waals surface area contributed by atoms with Gasteiger partial charge in [0, 0.05) is 12.6 Å². The smallest absolute Gasteiger partial charge is 0.0197 e. The zero-order chi connectivity index (χ0) is 8.97. The molecule has 0 radical (unpaired) electrons. The second-order valence-electron chi connectivity index (χ2n) is 4.40. The van der Waals surface area contributed by atoms with Gasteiger partial charge in [0.15, 0.2) is 0 Å². The van der Waals surface area contributed by atoms with Gasteiger partial charge in [-0.1, -0.05) is 13.8 Å². The van der Waals surface area contributed by atoms with Crippen LogP contribution in [0.5, 0.6) is 0 Å². The Labute approximate surface area is 76.3 Å². The first-order valence-corrected chi connectivity index (χ1v) is 5.10. The Morgan fingerprint density at radius 3 is 2.92 bits per heavy atom. The van der Waals surface area contributed by atoms with E-state index in [0.29, 0.717) is 0 Å². The van der Waals surface area contributed by atoms with Crippen molar-refractivity contribution in [2.75, 3.05) is 26.7 Å². The fourth-order valence-corrected chi connectivity index (χ4v) is 1.91. The summed E-state index contributed by atoms with van der Waals surface area (Å²) in [5.74, 6) is 0.814. The van der Waals surface area contributed by atoms with Crippen LogP contribution in [0.3, 0.4) is 0 Å². The van der Waals surface area contributed by atoms with Crippen molar-refractivity contribution < 1.29 is 0 Å². The molecular weight excluding hydrogens is 148 g/mol. The molecule has 72 valence electrons. The van der Waals surface area contributed by atoms with E-state index in [9.17, 15) is 0 Å². The summed E-state index contributed by atoms with van der Waals surface area (Å²) in [6.45, 7) is 8.26. The second kappa shape index (κ2) is 4.83. The van der Waals surface area contributed by atoms with Crippen LogP contribution in [-0.2, 0) is 0 Å². The first-order valence-electron chi connectivity index (χ1n) is 5.10. The Bertz CT molecular complexity index is 123. The molecular formula is C10H22N2. The normalized spacial score (nSPS) is 27.5. The van der Waals surface area contributed by atoms with Gasteiger partial charge in [-0.15, -0.1) is 0 Å². The molecule has 2 nitrogen and oxygen atoms in total.